The Kier molecular flexibility index (Phi) is 9.48. The summed E-state index contributed by atoms with van der Waals surface area (Å²) in [6, 6.07) is 10.9. The summed E-state index contributed by atoms with van der Waals surface area (Å²) >= 11 is 0. The van der Waals surface area contributed by atoms with Gasteiger partial charge in [0.1, 0.15) is 17.5 Å². The van der Waals surface area contributed by atoms with E-state index in [1.165, 1.54) is 19.4 Å². The number of nitrogens with one attached hydrogen (secondary N) is 3. The predicted octanol–water partition coefficient (Wildman–Crippen LogP) is 1.94. The van der Waals surface area contributed by atoms with Gasteiger partial charge in [0, 0.05) is 19.3 Å². The van der Waals surface area contributed by atoms with Crippen LogP contribution in [0, 0.1) is 13.8 Å². The molecule has 1 aromatic carbocycles. The second-order valence-corrected chi connectivity index (χ2v) is 8.27. The van der Waals surface area contributed by atoms with Gasteiger partial charge in [-0.05, 0) is 56.5 Å². The average Bonchev–Trinajstić information content (AvgIpc) is 2.88. The molecule has 4 N–H and O–H groups in total. The van der Waals surface area contributed by atoms with Crippen LogP contribution in [0.3, 0.4) is 0 Å². The van der Waals surface area contributed by atoms with Crippen LogP contribution in [0.25, 0.3) is 0 Å². The first kappa shape index (κ1) is 27.1. The van der Waals surface area contributed by atoms with E-state index in [0.29, 0.717) is 23.9 Å². The molecule has 2 amide bonds. The summed E-state index contributed by atoms with van der Waals surface area (Å²) < 4.78 is 4.78. The van der Waals surface area contributed by atoms with Gasteiger partial charge >= 0.3 is 5.97 Å². The largest absolute Gasteiger partial charge is 0.508 e. The molecule has 0 aliphatic rings. The van der Waals surface area contributed by atoms with Crippen LogP contribution in [-0.2, 0) is 16.0 Å². The predicted molar refractivity (Wildman–Crippen MR) is 136 cm³/mol. The molecule has 194 valence electrons. The number of phenolic OH excluding ortho intramolecular Hbond substituents is 1. The van der Waals surface area contributed by atoms with E-state index in [4.69, 9.17) is 4.74 Å². The van der Waals surface area contributed by atoms with Crippen molar-refractivity contribution in [3.63, 3.8) is 0 Å². The molecule has 37 heavy (non-hydrogen) atoms. The Morgan fingerprint density at radius 2 is 1.78 bits per heavy atom. The quantitative estimate of drug-likeness (QED) is 0.225. The highest BCUT2D eigenvalue weighted by atomic mass is 16.5. The van der Waals surface area contributed by atoms with Crippen LogP contribution in [0.4, 0.5) is 5.95 Å². The molecule has 0 fully saturated rings. The summed E-state index contributed by atoms with van der Waals surface area (Å²) in [5.74, 6) is -1.14. The number of esters is 1. The number of hydrogen-bond donors (Lipinski definition) is 4. The zero-order valence-corrected chi connectivity index (χ0v) is 20.9. The third-order valence-electron chi connectivity index (χ3n) is 5.49. The monoisotopic (exact) mass is 506 g/mol. The van der Waals surface area contributed by atoms with Gasteiger partial charge in [-0.3, -0.25) is 14.6 Å². The van der Waals surface area contributed by atoms with Crippen molar-refractivity contribution in [3.8, 4) is 5.75 Å². The highest BCUT2D eigenvalue weighted by molar-refractivity contribution is 5.99. The second kappa shape index (κ2) is 13.0. The Morgan fingerprint density at radius 1 is 1.03 bits per heavy atom. The molecule has 11 nitrogen and oxygen atoms in total. The van der Waals surface area contributed by atoms with Gasteiger partial charge in [0.25, 0.3) is 11.8 Å². The number of pyridine rings is 1. The van der Waals surface area contributed by atoms with Gasteiger partial charge in [-0.2, -0.15) is 0 Å². The number of carbonyl (C=O) groups is 3. The van der Waals surface area contributed by atoms with Crippen molar-refractivity contribution in [2.45, 2.75) is 32.7 Å². The SMILES string of the molecule is COC(=O)C(CNC(=O)c1ccccn1)NC(=O)c1c(C)nc(NCCCc2cccc(O)c2)nc1C. The van der Waals surface area contributed by atoms with Gasteiger partial charge in [-0.25, -0.2) is 14.8 Å². The summed E-state index contributed by atoms with van der Waals surface area (Å²) in [5, 5.41) is 17.9. The Morgan fingerprint density at radius 3 is 2.43 bits per heavy atom. The lowest BCUT2D eigenvalue weighted by Crippen LogP contribution is -2.49. The van der Waals surface area contributed by atoms with Gasteiger partial charge in [0.05, 0.1) is 24.1 Å². The topological polar surface area (TPSA) is 155 Å². The second-order valence-electron chi connectivity index (χ2n) is 8.27. The fourth-order valence-corrected chi connectivity index (χ4v) is 3.68. The Balaban J connectivity index is 1.60. The molecule has 0 aliphatic heterocycles. The number of phenols is 1. The highest BCUT2D eigenvalue weighted by Crippen LogP contribution is 2.15. The van der Waals surface area contributed by atoms with Crippen molar-refractivity contribution in [1.29, 1.82) is 0 Å². The number of carbonyl (C=O) groups excluding carboxylic acids is 3. The zero-order chi connectivity index (χ0) is 26.8. The van der Waals surface area contributed by atoms with E-state index in [9.17, 15) is 19.5 Å². The molecular weight excluding hydrogens is 476 g/mol. The molecule has 0 bridgehead atoms. The molecule has 0 aliphatic carbocycles. The van der Waals surface area contributed by atoms with E-state index >= 15 is 0 Å². The first-order valence-electron chi connectivity index (χ1n) is 11.7. The summed E-state index contributed by atoms with van der Waals surface area (Å²) in [7, 11) is 1.20. The van der Waals surface area contributed by atoms with Crippen LogP contribution in [0.1, 0.15) is 44.2 Å². The number of hydrogen-bond acceptors (Lipinski definition) is 9. The molecule has 3 rings (SSSR count). The Bertz CT molecular complexity index is 1230. The van der Waals surface area contributed by atoms with Crippen molar-refractivity contribution in [2.75, 3.05) is 25.5 Å². The Hall–Kier alpha value is -4.54. The molecule has 0 radical (unpaired) electrons. The van der Waals surface area contributed by atoms with Gasteiger partial charge in [0.15, 0.2) is 0 Å². The van der Waals surface area contributed by atoms with E-state index in [1.807, 2.05) is 6.07 Å². The molecule has 0 spiro atoms. The molecule has 1 atom stereocenters. The molecule has 1 unspecified atom stereocenters. The number of aromatic nitrogens is 3. The lowest BCUT2D eigenvalue weighted by Gasteiger charge is -2.18. The minimum atomic E-state index is -1.13. The maximum atomic E-state index is 13.0. The molecule has 0 saturated heterocycles. The summed E-state index contributed by atoms with van der Waals surface area (Å²) in [6.45, 7) is 3.76. The first-order chi connectivity index (χ1) is 17.8. The molecule has 11 heteroatoms. The fourth-order valence-electron chi connectivity index (χ4n) is 3.68. The van der Waals surface area contributed by atoms with Gasteiger partial charge in [-0.15, -0.1) is 0 Å². The first-order valence-corrected chi connectivity index (χ1v) is 11.7. The number of benzene rings is 1. The van der Waals surface area contributed by atoms with Crippen molar-refractivity contribution in [3.05, 3.63) is 76.9 Å². The van der Waals surface area contributed by atoms with Crippen molar-refractivity contribution >= 4 is 23.7 Å². The number of aromatic hydroxyl groups is 1. The fraction of sp³-hybridized carbons (Fsp3) is 0.308. The maximum absolute atomic E-state index is 13.0. The number of aryl methyl sites for hydroxylation is 3. The van der Waals surface area contributed by atoms with Crippen LogP contribution < -0.4 is 16.0 Å². The van der Waals surface area contributed by atoms with Gasteiger partial charge in [0.2, 0.25) is 5.95 Å². The average molecular weight is 507 g/mol. The van der Waals surface area contributed by atoms with Crippen molar-refractivity contribution in [2.24, 2.45) is 0 Å². The molecule has 3 aromatic rings. The van der Waals surface area contributed by atoms with Crippen LogP contribution in [0.2, 0.25) is 0 Å². The number of nitrogens with zero attached hydrogens (tertiary/aromatic N) is 3. The summed E-state index contributed by atoms with van der Waals surface area (Å²) in [6.07, 6.45) is 3.04. The number of ether oxygens (including phenoxy) is 1. The Labute approximate surface area is 214 Å². The normalized spacial score (nSPS) is 11.3. The van der Waals surface area contributed by atoms with Crippen LogP contribution >= 0.6 is 0 Å². The van der Waals surface area contributed by atoms with Crippen molar-refractivity contribution < 1.29 is 24.2 Å². The van der Waals surface area contributed by atoms with Crippen LogP contribution in [0.5, 0.6) is 5.75 Å². The van der Waals surface area contributed by atoms with E-state index < -0.39 is 23.8 Å². The third kappa shape index (κ3) is 7.72. The van der Waals surface area contributed by atoms with Crippen LogP contribution in [0.15, 0.2) is 48.7 Å². The zero-order valence-electron chi connectivity index (χ0n) is 20.9. The van der Waals surface area contributed by atoms with E-state index in [2.05, 4.69) is 30.9 Å². The highest BCUT2D eigenvalue weighted by Gasteiger charge is 2.25. The van der Waals surface area contributed by atoms with E-state index in [0.717, 1.165) is 18.4 Å². The lowest BCUT2D eigenvalue weighted by molar-refractivity contribution is -0.142. The van der Waals surface area contributed by atoms with Crippen LogP contribution in [-0.4, -0.2) is 64.1 Å². The van der Waals surface area contributed by atoms with Gasteiger partial charge in [-0.1, -0.05) is 18.2 Å². The maximum Gasteiger partial charge on any atom is 0.330 e. The minimum absolute atomic E-state index is 0.183. The van der Waals surface area contributed by atoms with E-state index in [1.54, 1.807) is 44.2 Å². The molecule has 2 heterocycles. The summed E-state index contributed by atoms with van der Waals surface area (Å²) in [4.78, 5) is 50.3. The molecule has 0 saturated carbocycles. The molecular formula is C26H30N6O5. The third-order valence-corrected chi connectivity index (χ3v) is 5.49. The number of rotatable bonds is 11. The number of amides is 2. The van der Waals surface area contributed by atoms with Crippen molar-refractivity contribution in [1.82, 2.24) is 25.6 Å². The standard InChI is InChI=1S/C26H30N6O5/c1-16-22(17(2)31-26(30-16)28-13-7-9-18-8-6-10-19(33)14-18)24(35)32-21(25(36)37-3)15-29-23(34)20-11-4-5-12-27-20/h4-6,8,10-12,14,21,33H,7,9,13,15H2,1-3H3,(H,29,34)(H,32,35)(H,28,30,31). The molecule has 2 aromatic heterocycles. The van der Waals surface area contributed by atoms with E-state index in [-0.39, 0.29) is 23.6 Å². The lowest BCUT2D eigenvalue weighted by atomic mass is 10.1. The summed E-state index contributed by atoms with van der Waals surface area (Å²) in [5.41, 5.74) is 2.31. The van der Waals surface area contributed by atoms with Gasteiger partial charge < -0.3 is 25.8 Å². The number of anilines is 1. The number of methoxy groups -OCH3 is 1. The smallest absolute Gasteiger partial charge is 0.330 e. The minimum Gasteiger partial charge on any atom is -0.508 e.